The molecule has 4 aromatic rings. The number of ether oxygens (including phenoxy) is 1. The molecule has 0 spiro atoms. The minimum absolute atomic E-state index is 0.168. The van der Waals surface area contributed by atoms with Crippen LogP contribution in [-0.4, -0.2) is 62.3 Å². The van der Waals surface area contributed by atoms with Crippen LogP contribution in [0.3, 0.4) is 0 Å². The fraction of sp³-hybridized carbons (Fsp3) is 0.345. The number of imidazole rings is 1. The summed E-state index contributed by atoms with van der Waals surface area (Å²) >= 11 is 0. The summed E-state index contributed by atoms with van der Waals surface area (Å²) in [5, 5.41) is 16.6. The van der Waals surface area contributed by atoms with Crippen molar-refractivity contribution in [2.24, 2.45) is 5.73 Å². The molecule has 2 fully saturated rings. The zero-order chi connectivity index (χ0) is 27.4. The number of β-amino-alcohol motifs (C(OH)–C–C–N with tert-alkyl or cyclic N) is 1. The van der Waals surface area contributed by atoms with Crippen molar-refractivity contribution in [1.82, 2.24) is 24.6 Å². The summed E-state index contributed by atoms with van der Waals surface area (Å²) in [5.41, 5.74) is 11.0. The standard InChI is InChI=1S/C29H30FN7O3/c30-18-5-8-37-24(13-32-26(37)11-18)20-1-3-22(27-21(20)12-33-28(27)38)34-25-4-2-19(17-6-10-40-15-17)23(35-25)14-36-9-7-29(31,39)16-36/h1-5,8,11,13,17,39H,6-7,9-10,12,14-16,31H2,(H,33,38)(H,34,35)/t17-,29+/m1/s1. The quantitative estimate of drug-likeness (QED) is 0.273. The number of rotatable bonds is 6. The Bertz CT molecular complexity index is 1630. The van der Waals surface area contributed by atoms with Gasteiger partial charge in [-0.25, -0.2) is 14.4 Å². The van der Waals surface area contributed by atoms with Crippen LogP contribution in [-0.2, 0) is 17.8 Å². The highest BCUT2D eigenvalue weighted by Gasteiger charge is 2.33. The number of carbonyl (C=O) groups excluding carboxylic acids is 1. The van der Waals surface area contributed by atoms with E-state index < -0.39 is 5.72 Å². The molecule has 1 amide bonds. The first-order valence-electron chi connectivity index (χ1n) is 13.5. The molecule has 0 radical (unpaired) electrons. The van der Waals surface area contributed by atoms with Crippen molar-refractivity contribution in [2.75, 3.05) is 31.6 Å². The van der Waals surface area contributed by atoms with Crippen LogP contribution < -0.4 is 16.4 Å². The number of likely N-dealkylation sites (tertiary alicyclic amines) is 1. The van der Waals surface area contributed by atoms with Crippen molar-refractivity contribution >= 4 is 23.1 Å². The van der Waals surface area contributed by atoms with Crippen molar-refractivity contribution in [2.45, 2.75) is 37.6 Å². The van der Waals surface area contributed by atoms with E-state index in [4.69, 9.17) is 15.5 Å². The number of amides is 1. The fourth-order valence-corrected chi connectivity index (χ4v) is 6.09. The molecule has 11 heteroatoms. The number of benzene rings is 1. The summed E-state index contributed by atoms with van der Waals surface area (Å²) in [5.74, 6) is 0.371. The molecule has 5 N–H and O–H groups in total. The molecule has 3 aliphatic rings. The topological polar surface area (TPSA) is 130 Å². The molecule has 10 nitrogen and oxygen atoms in total. The molecule has 0 unspecified atom stereocenters. The van der Waals surface area contributed by atoms with Gasteiger partial charge in [0, 0.05) is 63.0 Å². The van der Waals surface area contributed by atoms with Crippen molar-refractivity contribution in [1.29, 1.82) is 0 Å². The van der Waals surface area contributed by atoms with E-state index in [2.05, 4.69) is 26.6 Å². The number of hydrogen-bond donors (Lipinski definition) is 4. The maximum Gasteiger partial charge on any atom is 0.254 e. The van der Waals surface area contributed by atoms with Gasteiger partial charge in [0.25, 0.3) is 5.91 Å². The predicted molar refractivity (Wildman–Crippen MR) is 146 cm³/mol. The second kappa shape index (κ2) is 9.63. The Morgan fingerprint density at radius 1 is 1.27 bits per heavy atom. The first-order valence-corrected chi connectivity index (χ1v) is 13.5. The Hall–Kier alpha value is -3.90. The van der Waals surface area contributed by atoms with E-state index in [0.29, 0.717) is 61.9 Å². The highest BCUT2D eigenvalue weighted by atomic mass is 19.1. The molecule has 206 valence electrons. The predicted octanol–water partition coefficient (Wildman–Crippen LogP) is 2.88. The number of aromatic nitrogens is 3. The number of carbonyl (C=O) groups is 1. The fourth-order valence-electron chi connectivity index (χ4n) is 6.09. The van der Waals surface area contributed by atoms with Crippen molar-refractivity contribution < 1.29 is 19.0 Å². The molecular formula is C29H30FN7O3. The summed E-state index contributed by atoms with van der Waals surface area (Å²) in [6, 6.07) is 10.6. The second-order valence-corrected chi connectivity index (χ2v) is 10.9. The number of fused-ring (bicyclic) bond motifs is 2. The normalized spacial score (nSPS) is 22.7. The Morgan fingerprint density at radius 3 is 2.98 bits per heavy atom. The summed E-state index contributed by atoms with van der Waals surface area (Å²) in [7, 11) is 0. The molecular weight excluding hydrogens is 513 g/mol. The van der Waals surface area contributed by atoms with Crippen molar-refractivity contribution in [3.8, 4) is 11.3 Å². The van der Waals surface area contributed by atoms with E-state index in [1.54, 1.807) is 12.4 Å². The largest absolute Gasteiger partial charge is 0.381 e. The van der Waals surface area contributed by atoms with Gasteiger partial charge in [0.1, 0.15) is 23.0 Å². The van der Waals surface area contributed by atoms with Crippen LogP contribution in [0.15, 0.2) is 48.8 Å². The summed E-state index contributed by atoms with van der Waals surface area (Å²) < 4.78 is 21.2. The number of nitrogens with zero attached hydrogens (tertiary/aromatic N) is 4. The van der Waals surface area contributed by atoms with Gasteiger partial charge in [-0.2, -0.15) is 0 Å². The Labute approximate surface area is 230 Å². The molecule has 0 aliphatic carbocycles. The van der Waals surface area contributed by atoms with Gasteiger partial charge in [-0.1, -0.05) is 12.1 Å². The molecule has 1 aromatic carbocycles. The second-order valence-electron chi connectivity index (χ2n) is 10.9. The Balaban J connectivity index is 1.23. The van der Waals surface area contributed by atoms with E-state index in [-0.39, 0.29) is 17.6 Å². The van der Waals surface area contributed by atoms with Crippen LogP contribution in [0.5, 0.6) is 0 Å². The highest BCUT2D eigenvalue weighted by molar-refractivity contribution is 6.06. The Morgan fingerprint density at radius 2 is 2.17 bits per heavy atom. The lowest BCUT2D eigenvalue weighted by Crippen LogP contribution is -2.42. The third-order valence-corrected chi connectivity index (χ3v) is 8.09. The molecule has 3 aromatic heterocycles. The maximum absolute atomic E-state index is 13.7. The molecule has 7 rings (SSSR count). The van der Waals surface area contributed by atoms with Gasteiger partial charge in [0.15, 0.2) is 0 Å². The molecule has 0 bridgehead atoms. The maximum atomic E-state index is 13.7. The van der Waals surface area contributed by atoms with E-state index in [1.165, 1.54) is 12.1 Å². The van der Waals surface area contributed by atoms with E-state index in [0.717, 1.165) is 41.1 Å². The van der Waals surface area contributed by atoms with Crippen LogP contribution in [0, 0.1) is 5.82 Å². The van der Waals surface area contributed by atoms with Gasteiger partial charge < -0.3 is 26.2 Å². The third-order valence-electron chi connectivity index (χ3n) is 8.09. The minimum Gasteiger partial charge on any atom is -0.381 e. The molecule has 6 heterocycles. The number of hydrogen-bond acceptors (Lipinski definition) is 8. The highest BCUT2D eigenvalue weighted by Crippen LogP contribution is 2.36. The van der Waals surface area contributed by atoms with Crippen molar-refractivity contribution in [3.05, 3.63) is 77.0 Å². The summed E-state index contributed by atoms with van der Waals surface area (Å²) in [4.78, 5) is 24.4. The smallest absolute Gasteiger partial charge is 0.254 e. The van der Waals surface area contributed by atoms with Crippen LogP contribution in [0.1, 0.15) is 45.9 Å². The lowest BCUT2D eigenvalue weighted by molar-refractivity contribution is 0.0550. The van der Waals surface area contributed by atoms with Crippen LogP contribution in [0.25, 0.3) is 16.9 Å². The molecule has 2 atom stereocenters. The Kier molecular flexibility index (Phi) is 6.04. The first kappa shape index (κ1) is 25.1. The lowest BCUT2D eigenvalue weighted by Gasteiger charge is -2.22. The van der Waals surface area contributed by atoms with Crippen LogP contribution >= 0.6 is 0 Å². The van der Waals surface area contributed by atoms with Crippen molar-refractivity contribution in [3.63, 3.8) is 0 Å². The number of nitrogens with two attached hydrogens (primary N) is 1. The molecule has 3 aliphatic heterocycles. The average molecular weight is 544 g/mol. The lowest BCUT2D eigenvalue weighted by atomic mass is 9.96. The molecule has 0 saturated carbocycles. The van der Waals surface area contributed by atoms with Gasteiger partial charge in [-0.3, -0.25) is 14.1 Å². The zero-order valence-electron chi connectivity index (χ0n) is 21.9. The van der Waals surface area contributed by atoms with Crippen LogP contribution in [0.2, 0.25) is 0 Å². The monoisotopic (exact) mass is 543 g/mol. The van der Waals surface area contributed by atoms with E-state index in [9.17, 15) is 14.3 Å². The number of anilines is 2. The van der Waals surface area contributed by atoms with Gasteiger partial charge in [0.2, 0.25) is 0 Å². The summed E-state index contributed by atoms with van der Waals surface area (Å²) in [6.45, 7) is 3.41. The number of aliphatic hydroxyl groups is 1. The third kappa shape index (κ3) is 4.50. The number of pyridine rings is 2. The molecule has 2 saturated heterocycles. The average Bonchev–Trinajstić information content (AvgIpc) is 3.72. The van der Waals surface area contributed by atoms with E-state index in [1.807, 2.05) is 22.6 Å². The van der Waals surface area contributed by atoms with Gasteiger partial charge in [-0.05, 0) is 35.7 Å². The van der Waals surface area contributed by atoms with Gasteiger partial charge in [0.05, 0.1) is 35.4 Å². The van der Waals surface area contributed by atoms with Gasteiger partial charge >= 0.3 is 0 Å². The van der Waals surface area contributed by atoms with Crippen LogP contribution in [0.4, 0.5) is 15.9 Å². The van der Waals surface area contributed by atoms with E-state index >= 15 is 0 Å². The first-order chi connectivity index (χ1) is 19.3. The molecule has 40 heavy (non-hydrogen) atoms. The SMILES string of the molecule is N[C@]1(O)CCN(Cc2nc(Nc3ccc(-c4cnc5cc(F)ccn45)c4c3C(=O)NC4)ccc2[C@@H]2CCOC2)C1. The number of halogens is 1. The number of nitrogens with one attached hydrogen (secondary N) is 2. The van der Waals surface area contributed by atoms with Gasteiger partial charge in [-0.15, -0.1) is 0 Å². The summed E-state index contributed by atoms with van der Waals surface area (Å²) in [6.07, 6.45) is 4.79. The zero-order valence-corrected chi connectivity index (χ0v) is 21.9. The minimum atomic E-state index is -1.18.